The van der Waals surface area contributed by atoms with Crippen LogP contribution in [-0.4, -0.2) is 18.5 Å². The second-order valence-corrected chi connectivity index (χ2v) is 5.28. The van der Waals surface area contributed by atoms with Gasteiger partial charge < -0.3 is 10.1 Å². The van der Waals surface area contributed by atoms with Crippen LogP contribution in [0.25, 0.3) is 0 Å². The number of esters is 1. The van der Waals surface area contributed by atoms with Crippen molar-refractivity contribution in [3.8, 4) is 0 Å². The van der Waals surface area contributed by atoms with Crippen molar-refractivity contribution in [2.24, 2.45) is 5.92 Å². The highest BCUT2D eigenvalue weighted by molar-refractivity contribution is 5.80. The standard InChI is InChI=1S/C16H21NO3/c18-15(17-11-14-8-2-1-3-9-14)12-20-16(19)10-13-6-4-5-7-13/h1-3,8-9,13H,4-7,10-12H2,(H,17,18). The second kappa shape index (κ2) is 7.68. The molecule has 0 atom stereocenters. The minimum atomic E-state index is -0.258. The van der Waals surface area contributed by atoms with Crippen molar-refractivity contribution in [1.29, 1.82) is 0 Å². The lowest BCUT2D eigenvalue weighted by Gasteiger charge is -2.09. The van der Waals surface area contributed by atoms with E-state index in [1.165, 1.54) is 12.8 Å². The Morgan fingerprint density at radius 2 is 1.85 bits per heavy atom. The van der Waals surface area contributed by atoms with Crippen LogP contribution in [0.4, 0.5) is 0 Å². The topological polar surface area (TPSA) is 55.4 Å². The molecule has 1 N–H and O–H groups in total. The van der Waals surface area contributed by atoms with E-state index in [1.807, 2.05) is 30.3 Å². The minimum absolute atomic E-state index is 0.182. The molecular formula is C16H21NO3. The fourth-order valence-electron chi connectivity index (χ4n) is 2.50. The smallest absolute Gasteiger partial charge is 0.306 e. The van der Waals surface area contributed by atoms with E-state index in [0.29, 0.717) is 18.9 Å². The molecule has 1 saturated carbocycles. The first-order chi connectivity index (χ1) is 9.74. The zero-order chi connectivity index (χ0) is 14.2. The van der Waals surface area contributed by atoms with Crippen LogP contribution in [-0.2, 0) is 20.9 Å². The van der Waals surface area contributed by atoms with Gasteiger partial charge in [0.1, 0.15) is 0 Å². The van der Waals surface area contributed by atoms with Gasteiger partial charge in [-0.25, -0.2) is 0 Å². The Labute approximate surface area is 119 Å². The third-order valence-corrected chi connectivity index (χ3v) is 3.63. The van der Waals surface area contributed by atoms with Crippen molar-refractivity contribution in [3.63, 3.8) is 0 Å². The van der Waals surface area contributed by atoms with E-state index >= 15 is 0 Å². The summed E-state index contributed by atoms with van der Waals surface area (Å²) in [6.07, 6.45) is 5.07. The second-order valence-electron chi connectivity index (χ2n) is 5.28. The summed E-state index contributed by atoms with van der Waals surface area (Å²) >= 11 is 0. The molecule has 0 heterocycles. The molecule has 1 aliphatic rings. The molecule has 1 aromatic rings. The molecule has 0 unspecified atom stereocenters. The number of carbonyl (C=O) groups excluding carboxylic acids is 2. The van der Waals surface area contributed by atoms with Crippen LogP contribution < -0.4 is 5.32 Å². The lowest BCUT2D eigenvalue weighted by molar-refractivity contribution is -0.149. The molecular weight excluding hydrogens is 254 g/mol. The number of benzene rings is 1. The zero-order valence-electron chi connectivity index (χ0n) is 11.6. The van der Waals surface area contributed by atoms with Crippen LogP contribution in [0.15, 0.2) is 30.3 Å². The Morgan fingerprint density at radius 1 is 1.15 bits per heavy atom. The molecule has 0 aliphatic heterocycles. The summed E-state index contributed by atoms with van der Waals surface area (Å²) in [6.45, 7) is 0.276. The van der Waals surface area contributed by atoms with Gasteiger partial charge in [0.05, 0.1) is 0 Å². The predicted molar refractivity (Wildman–Crippen MR) is 75.8 cm³/mol. The molecule has 1 aliphatic carbocycles. The van der Waals surface area contributed by atoms with E-state index < -0.39 is 0 Å². The first-order valence-corrected chi connectivity index (χ1v) is 7.20. The Morgan fingerprint density at radius 3 is 2.55 bits per heavy atom. The summed E-state index contributed by atoms with van der Waals surface area (Å²) in [6, 6.07) is 9.64. The van der Waals surface area contributed by atoms with Crippen molar-refractivity contribution in [3.05, 3.63) is 35.9 Å². The maximum Gasteiger partial charge on any atom is 0.306 e. The molecule has 0 saturated heterocycles. The average Bonchev–Trinajstić information content (AvgIpc) is 2.97. The highest BCUT2D eigenvalue weighted by Gasteiger charge is 2.19. The molecule has 0 bridgehead atoms. The molecule has 4 nitrogen and oxygen atoms in total. The Balaban J connectivity index is 1.61. The first kappa shape index (κ1) is 14.6. The fraction of sp³-hybridized carbons (Fsp3) is 0.500. The highest BCUT2D eigenvalue weighted by atomic mass is 16.5. The van der Waals surface area contributed by atoms with E-state index in [-0.39, 0.29) is 18.5 Å². The average molecular weight is 275 g/mol. The molecule has 1 amide bonds. The van der Waals surface area contributed by atoms with E-state index in [9.17, 15) is 9.59 Å². The van der Waals surface area contributed by atoms with Gasteiger partial charge in [0.15, 0.2) is 6.61 Å². The van der Waals surface area contributed by atoms with Gasteiger partial charge >= 0.3 is 5.97 Å². The van der Waals surface area contributed by atoms with Gasteiger partial charge in [-0.15, -0.1) is 0 Å². The van der Waals surface area contributed by atoms with E-state index in [2.05, 4.69) is 5.32 Å². The van der Waals surface area contributed by atoms with Crippen LogP contribution >= 0.6 is 0 Å². The SMILES string of the molecule is O=C(COC(=O)CC1CCCC1)NCc1ccccc1. The van der Waals surface area contributed by atoms with E-state index in [0.717, 1.165) is 18.4 Å². The van der Waals surface area contributed by atoms with Crippen LogP contribution in [0.2, 0.25) is 0 Å². The van der Waals surface area contributed by atoms with Crippen molar-refractivity contribution >= 4 is 11.9 Å². The van der Waals surface area contributed by atoms with Crippen molar-refractivity contribution in [2.75, 3.05) is 6.61 Å². The summed E-state index contributed by atoms with van der Waals surface area (Å²) in [4.78, 5) is 23.1. The Kier molecular flexibility index (Phi) is 5.59. The number of amides is 1. The predicted octanol–water partition coefficient (Wildman–Crippen LogP) is 2.43. The summed E-state index contributed by atoms with van der Waals surface area (Å²) < 4.78 is 5.00. The Hall–Kier alpha value is -1.84. The number of hydrogen-bond donors (Lipinski definition) is 1. The molecule has 0 spiro atoms. The third kappa shape index (κ3) is 5.03. The number of carbonyl (C=O) groups is 2. The van der Waals surface area contributed by atoms with Gasteiger partial charge in [-0.05, 0) is 24.3 Å². The Bertz CT molecular complexity index is 438. The van der Waals surface area contributed by atoms with Crippen molar-refractivity contribution < 1.29 is 14.3 Å². The molecule has 108 valence electrons. The molecule has 0 radical (unpaired) electrons. The summed E-state index contributed by atoms with van der Waals surface area (Å²) in [7, 11) is 0. The molecule has 20 heavy (non-hydrogen) atoms. The van der Waals surface area contributed by atoms with Gasteiger partial charge in [0, 0.05) is 13.0 Å². The summed E-state index contributed by atoms with van der Waals surface area (Å²) in [5.41, 5.74) is 1.03. The summed E-state index contributed by atoms with van der Waals surface area (Å²) in [5.74, 6) is -0.0599. The largest absolute Gasteiger partial charge is 0.456 e. The lowest BCUT2D eigenvalue weighted by Crippen LogP contribution is -2.28. The maximum absolute atomic E-state index is 11.6. The van der Waals surface area contributed by atoms with Crippen LogP contribution in [0.1, 0.15) is 37.7 Å². The van der Waals surface area contributed by atoms with Gasteiger partial charge in [0.2, 0.25) is 0 Å². The van der Waals surface area contributed by atoms with Crippen LogP contribution in [0.5, 0.6) is 0 Å². The molecule has 1 aromatic carbocycles. The minimum Gasteiger partial charge on any atom is -0.456 e. The first-order valence-electron chi connectivity index (χ1n) is 7.20. The monoisotopic (exact) mass is 275 g/mol. The number of ether oxygens (including phenoxy) is 1. The number of nitrogens with one attached hydrogen (secondary N) is 1. The van der Waals surface area contributed by atoms with Gasteiger partial charge in [0.25, 0.3) is 5.91 Å². The van der Waals surface area contributed by atoms with Crippen molar-refractivity contribution in [2.45, 2.75) is 38.6 Å². The molecule has 2 rings (SSSR count). The third-order valence-electron chi connectivity index (χ3n) is 3.63. The normalized spacial score (nSPS) is 15.0. The van der Waals surface area contributed by atoms with Crippen LogP contribution in [0, 0.1) is 5.92 Å². The molecule has 0 aromatic heterocycles. The lowest BCUT2D eigenvalue weighted by atomic mass is 10.1. The zero-order valence-corrected chi connectivity index (χ0v) is 11.6. The molecule has 4 heteroatoms. The number of rotatable bonds is 6. The fourth-order valence-corrected chi connectivity index (χ4v) is 2.50. The van der Waals surface area contributed by atoms with E-state index in [4.69, 9.17) is 4.74 Å². The van der Waals surface area contributed by atoms with Crippen molar-refractivity contribution in [1.82, 2.24) is 5.32 Å². The summed E-state index contributed by atoms with van der Waals surface area (Å²) in [5, 5.41) is 2.73. The van der Waals surface area contributed by atoms with E-state index in [1.54, 1.807) is 0 Å². The maximum atomic E-state index is 11.6. The highest BCUT2D eigenvalue weighted by Crippen LogP contribution is 2.27. The quantitative estimate of drug-likeness (QED) is 0.811. The van der Waals surface area contributed by atoms with Gasteiger partial charge in [-0.3, -0.25) is 9.59 Å². The van der Waals surface area contributed by atoms with Gasteiger partial charge in [-0.1, -0.05) is 43.2 Å². The number of hydrogen-bond acceptors (Lipinski definition) is 3. The molecule has 1 fully saturated rings. The van der Waals surface area contributed by atoms with Gasteiger partial charge in [-0.2, -0.15) is 0 Å². The van der Waals surface area contributed by atoms with Crippen LogP contribution in [0.3, 0.4) is 0 Å².